The molecule has 18 atom stereocenters. The SMILES string of the molecule is CN[C@H](CC(C)C)C(=O)NC1C(=O)N[C@@H](CC(N)=O)C(=O)N[C@H]2C(=O)NC3C(=O)N[C@H](C(=O)N[C@H](C(=O)O)c4cc(O)cc(O)c4-c4cc3ccc4O)[C@H](O)c3ccc(c(Cl)c3)Oc3cc2cc(c3O[C@@H]2O[C@H](CO)[C@@H](O)[C@H](O)[C@H]2C2C[C@](C)(NC)[C@H](O)[C@H](C)O2)Oc2ccc(cc2Cl)[C@H]1O. The number of aromatic hydroxyl groups is 3. The van der Waals surface area contributed by atoms with E-state index in [1.807, 2.05) is 13.8 Å². The number of ether oxygens (including phenoxy) is 5. The van der Waals surface area contributed by atoms with E-state index < -0.39 is 231 Å². The molecule has 542 valence electrons. The Morgan fingerprint density at radius 1 is 0.703 bits per heavy atom. The molecule has 7 aliphatic heterocycles. The van der Waals surface area contributed by atoms with Gasteiger partial charge in [-0.2, -0.15) is 0 Å². The first-order valence-electron chi connectivity index (χ1n) is 31.9. The lowest BCUT2D eigenvalue weighted by atomic mass is 9.76. The topological polar surface area (TPSA) is 507 Å². The average Bonchev–Trinajstić information content (AvgIpc) is 0.763. The minimum absolute atomic E-state index is 0.0911. The number of fused-ring (bicyclic) bond motifs is 15. The predicted octanol–water partition coefficient (Wildman–Crippen LogP) is 0.640. The van der Waals surface area contributed by atoms with Crippen LogP contribution in [-0.2, 0) is 47.8 Å². The monoisotopic (exact) mass is 1450 g/mol. The van der Waals surface area contributed by atoms with E-state index in [1.165, 1.54) is 19.2 Å². The number of aliphatic carboxylic acids is 1. The smallest absolute Gasteiger partial charge is 0.330 e. The number of hydrogen-bond donors (Lipinski definition) is 19. The number of nitrogens with two attached hydrogens (primary N) is 1. The number of carbonyl (C=O) groups is 8. The van der Waals surface area contributed by atoms with Gasteiger partial charge < -0.3 is 123 Å². The Morgan fingerprint density at radius 2 is 1.31 bits per heavy atom. The van der Waals surface area contributed by atoms with Gasteiger partial charge in [-0.3, -0.25) is 33.6 Å². The van der Waals surface area contributed by atoms with E-state index in [-0.39, 0.29) is 52.0 Å². The maximum absolute atomic E-state index is 16.1. The number of rotatable bonds is 13. The van der Waals surface area contributed by atoms with Gasteiger partial charge in [-0.05, 0) is 124 Å². The molecule has 7 aliphatic rings. The quantitative estimate of drug-likeness (QED) is 0.0769. The molecule has 0 aromatic heterocycles. The Labute approximate surface area is 585 Å². The molecule has 5 aromatic rings. The number of hydrogen-bond acceptors (Lipinski definition) is 24. The van der Waals surface area contributed by atoms with Crippen molar-refractivity contribution in [2.45, 2.75) is 150 Å². The third-order valence-corrected chi connectivity index (χ3v) is 19.2. The largest absolute Gasteiger partial charge is 0.508 e. The van der Waals surface area contributed by atoms with E-state index in [2.05, 4.69) is 42.5 Å². The lowest BCUT2D eigenvalue weighted by Gasteiger charge is -2.51. The first kappa shape index (κ1) is 74.5. The number of primary amides is 1. The van der Waals surface area contributed by atoms with Crippen molar-refractivity contribution in [2.75, 3.05) is 20.7 Å². The maximum Gasteiger partial charge on any atom is 0.330 e. The number of halogens is 2. The van der Waals surface area contributed by atoms with Gasteiger partial charge in [0.2, 0.25) is 53.4 Å². The highest BCUT2D eigenvalue weighted by Gasteiger charge is 2.55. The standard InChI is InChI=1S/C67H77Cl2N9O23/c1-24(2)13-35(71-5)59(89)77-51-53(84)27-8-11-39(33(68)15-27)98-41-17-29-18-42(57(41)101-66-47(56(87)55(86)44(23-79)100-66)43-22-67(4,72-6)58(88)25(3)97-43)99-40-12-9-28(16-34(40)69)54(85)52-64(94)76-50(65(95)96)32-19-30(80)20-38(82)46(32)31-14-26(7-10-37(31)81)48(61(91)78-52)75-62(92)49(29)74-60(90)36(21-45(70)83)73-63(51)93/h7-12,14-20,24-25,35-36,43-44,47-56,58,66,71-72,79-82,84-88H,13,21-23H2,1-6H3,(H2,70,83)(H,73,93)(H,74,90)(H,75,92)(H,76,94)(H,77,89)(H,78,91)(H,95,96)/t25-,35+,36-,43?,44+,47+,48?,49+,50-,51?,52-,53+,54+,55+,56+,58+,66-,67-/m0/s1. The van der Waals surface area contributed by atoms with Crippen molar-refractivity contribution in [1.29, 1.82) is 0 Å². The van der Waals surface area contributed by atoms with Crippen LogP contribution in [0.4, 0.5) is 0 Å². The molecule has 101 heavy (non-hydrogen) atoms. The molecule has 7 heterocycles. The van der Waals surface area contributed by atoms with Crippen molar-refractivity contribution in [3.8, 4) is 57.1 Å². The van der Waals surface area contributed by atoms with Gasteiger partial charge in [0.25, 0.3) is 0 Å². The van der Waals surface area contributed by atoms with Gasteiger partial charge in [0.15, 0.2) is 17.5 Å². The normalized spacial score (nSPS) is 29.4. The summed E-state index contributed by atoms with van der Waals surface area (Å²) in [6, 6.07) is -0.324. The van der Waals surface area contributed by atoms with E-state index >= 15 is 14.4 Å². The number of benzene rings is 5. The van der Waals surface area contributed by atoms with Gasteiger partial charge in [-0.15, -0.1) is 0 Å². The zero-order chi connectivity index (χ0) is 73.5. The summed E-state index contributed by atoms with van der Waals surface area (Å²) in [7, 11) is 3.06. The zero-order valence-corrected chi connectivity index (χ0v) is 56.4. The van der Waals surface area contributed by atoms with Gasteiger partial charge in [-0.25, -0.2) is 4.79 Å². The Morgan fingerprint density at radius 3 is 1.89 bits per heavy atom. The fourth-order valence-electron chi connectivity index (χ4n) is 13.1. The Kier molecular flexibility index (Phi) is 22.3. The molecule has 32 nitrogen and oxygen atoms in total. The first-order chi connectivity index (χ1) is 47.7. The minimum Gasteiger partial charge on any atom is -0.508 e. The average molecular weight is 1450 g/mol. The summed E-state index contributed by atoms with van der Waals surface area (Å²) in [5.74, 6) is -17.1. The van der Waals surface area contributed by atoms with Crippen molar-refractivity contribution in [1.82, 2.24) is 42.5 Å². The number of phenolic OH excluding ortho intramolecular Hbond substituents is 3. The summed E-state index contributed by atoms with van der Waals surface area (Å²) in [5.41, 5.74) is 1.87. The third-order valence-electron chi connectivity index (χ3n) is 18.6. The van der Waals surface area contributed by atoms with E-state index in [0.717, 1.165) is 66.7 Å². The molecule has 0 spiro atoms. The van der Waals surface area contributed by atoms with Gasteiger partial charge >= 0.3 is 5.97 Å². The van der Waals surface area contributed by atoms with Crippen molar-refractivity contribution in [3.63, 3.8) is 0 Å². The van der Waals surface area contributed by atoms with E-state index in [1.54, 1.807) is 20.9 Å². The molecular weight excluding hydrogens is 1370 g/mol. The lowest BCUT2D eigenvalue weighted by Crippen LogP contribution is -2.67. The van der Waals surface area contributed by atoms with E-state index in [9.17, 15) is 75.0 Å². The lowest BCUT2D eigenvalue weighted by molar-refractivity contribution is -0.293. The number of carboxylic acids is 1. The number of amides is 7. The van der Waals surface area contributed by atoms with Crippen molar-refractivity contribution < 1.29 is 113 Å². The van der Waals surface area contributed by atoms with Crippen LogP contribution in [0.15, 0.2) is 78.9 Å². The van der Waals surface area contributed by atoms with Crippen molar-refractivity contribution in [3.05, 3.63) is 117 Å². The second-order valence-electron chi connectivity index (χ2n) is 26.0. The van der Waals surface area contributed by atoms with Crippen molar-refractivity contribution in [2.24, 2.45) is 17.6 Å². The predicted molar refractivity (Wildman–Crippen MR) is 353 cm³/mol. The van der Waals surface area contributed by atoms with Gasteiger partial charge in [0.05, 0.1) is 59.4 Å². The molecule has 12 rings (SSSR count). The van der Waals surface area contributed by atoms with Gasteiger partial charge in [0, 0.05) is 28.3 Å². The molecule has 34 heteroatoms. The highest BCUT2D eigenvalue weighted by atomic mass is 35.5. The highest BCUT2D eigenvalue weighted by Crippen LogP contribution is 2.51. The number of aliphatic hydroxyl groups is 6. The van der Waals surface area contributed by atoms with Crippen LogP contribution in [0.1, 0.15) is 105 Å². The molecule has 0 saturated carbocycles. The summed E-state index contributed by atoms with van der Waals surface area (Å²) in [6.45, 7) is 5.96. The maximum atomic E-state index is 16.1. The van der Waals surface area contributed by atoms with E-state index in [0.29, 0.717) is 0 Å². The number of likely N-dealkylation sites (N-methyl/N-ethyl adjacent to an activating group) is 2. The number of phenols is 3. The molecule has 2 saturated heterocycles. The fraction of sp³-hybridized carbons (Fsp3) is 0.433. The molecule has 5 aromatic carbocycles. The number of carboxylic acid groups (broad SMARTS) is 1. The number of nitrogens with one attached hydrogen (secondary N) is 8. The molecule has 0 radical (unpaired) electrons. The third kappa shape index (κ3) is 15.4. The summed E-state index contributed by atoms with van der Waals surface area (Å²) in [5, 5.41) is 135. The Balaban J connectivity index is 1.25. The molecule has 0 aliphatic carbocycles. The Hall–Kier alpha value is -9.16. The second kappa shape index (κ2) is 30.2. The minimum atomic E-state index is -2.32. The van der Waals surface area contributed by atoms with Crippen LogP contribution in [0.3, 0.4) is 0 Å². The highest BCUT2D eigenvalue weighted by molar-refractivity contribution is 6.32. The van der Waals surface area contributed by atoms with Gasteiger partial charge in [-0.1, -0.05) is 55.2 Å². The first-order valence-corrected chi connectivity index (χ1v) is 32.7. The second-order valence-corrected chi connectivity index (χ2v) is 26.8. The Bertz CT molecular complexity index is 4080. The van der Waals surface area contributed by atoms with Crippen LogP contribution in [0.25, 0.3) is 11.1 Å². The molecule has 7 amide bonds. The van der Waals surface area contributed by atoms with E-state index in [4.69, 9.17) is 52.6 Å². The molecule has 2 fully saturated rings. The number of carbonyl (C=O) groups excluding carboxylic acids is 7. The molecule has 11 bridgehead atoms. The molecule has 3 unspecified atom stereocenters. The summed E-state index contributed by atoms with van der Waals surface area (Å²) in [4.78, 5) is 117. The van der Waals surface area contributed by atoms with Crippen LogP contribution in [-0.4, -0.2) is 192 Å². The summed E-state index contributed by atoms with van der Waals surface area (Å²) >= 11 is 14.2. The number of aliphatic hydroxyl groups excluding tert-OH is 6. The molecule has 20 N–H and O–H groups in total. The van der Waals surface area contributed by atoms with Crippen LogP contribution in [0, 0.1) is 11.8 Å². The zero-order valence-electron chi connectivity index (χ0n) is 54.8. The van der Waals surface area contributed by atoms with Crippen LogP contribution >= 0.6 is 23.2 Å². The van der Waals surface area contributed by atoms with Crippen LogP contribution in [0.2, 0.25) is 10.0 Å². The van der Waals surface area contributed by atoms with Gasteiger partial charge in [0.1, 0.15) is 83.4 Å². The molecular formula is C67H77Cl2N9O23. The summed E-state index contributed by atoms with van der Waals surface area (Å²) < 4.78 is 32.9. The van der Waals surface area contributed by atoms with Crippen LogP contribution in [0.5, 0.6) is 46.0 Å². The van der Waals surface area contributed by atoms with Crippen molar-refractivity contribution >= 4 is 70.5 Å². The van der Waals surface area contributed by atoms with Crippen LogP contribution < -0.4 is 62.5 Å². The fourth-order valence-corrected chi connectivity index (χ4v) is 13.6. The summed E-state index contributed by atoms with van der Waals surface area (Å²) in [6.07, 6.45) is -15.7.